The van der Waals surface area contributed by atoms with E-state index in [1.165, 1.54) is 0 Å². The van der Waals surface area contributed by atoms with E-state index in [9.17, 15) is 19.5 Å². The number of anilines is 1. The van der Waals surface area contributed by atoms with E-state index in [2.05, 4.69) is 20.8 Å². The molecule has 4 rings (SSSR count). The second-order valence-electron chi connectivity index (χ2n) is 11.9. The molecule has 0 spiro atoms. The Morgan fingerprint density at radius 1 is 1.10 bits per heavy atom. The maximum atomic E-state index is 14.2. The van der Waals surface area contributed by atoms with Crippen LogP contribution >= 0.6 is 0 Å². The molecule has 0 bridgehead atoms. The van der Waals surface area contributed by atoms with Crippen LogP contribution in [-0.2, 0) is 19.1 Å². The highest BCUT2D eigenvalue weighted by Gasteiger charge is 2.41. The summed E-state index contributed by atoms with van der Waals surface area (Å²) in [6.45, 7) is 9.17. The van der Waals surface area contributed by atoms with Crippen LogP contribution in [0.15, 0.2) is 36.4 Å². The normalized spacial score (nSPS) is 21.4. The van der Waals surface area contributed by atoms with Gasteiger partial charge in [0, 0.05) is 36.4 Å². The van der Waals surface area contributed by atoms with Crippen LogP contribution in [0.2, 0.25) is 0 Å². The smallest absolute Gasteiger partial charge is 0.308 e. The number of ether oxygens (including phenoxy) is 3. The number of para-hydroxylation sites is 1. The lowest BCUT2D eigenvalue weighted by Gasteiger charge is -2.33. The number of amides is 2. The Bertz CT molecular complexity index is 1270. The Labute approximate surface area is 236 Å². The summed E-state index contributed by atoms with van der Waals surface area (Å²) in [6.07, 6.45) is -0.869. The molecule has 9 nitrogen and oxygen atoms in total. The lowest BCUT2D eigenvalue weighted by Crippen LogP contribution is -2.47. The summed E-state index contributed by atoms with van der Waals surface area (Å²) >= 11 is 0. The van der Waals surface area contributed by atoms with Gasteiger partial charge in [-0.1, -0.05) is 50.6 Å². The zero-order chi connectivity index (χ0) is 29.2. The van der Waals surface area contributed by atoms with E-state index in [4.69, 9.17) is 14.2 Å². The summed E-state index contributed by atoms with van der Waals surface area (Å²) in [4.78, 5) is 42.6. The lowest BCUT2D eigenvalue weighted by atomic mass is 9.93. The van der Waals surface area contributed by atoms with Crippen molar-refractivity contribution in [2.24, 2.45) is 11.3 Å². The molecule has 3 atom stereocenters. The molecule has 2 amide bonds. The number of rotatable bonds is 7. The average molecular weight is 553 g/mol. The van der Waals surface area contributed by atoms with E-state index < -0.39 is 24.1 Å². The highest BCUT2D eigenvalue weighted by atomic mass is 16.5. The summed E-state index contributed by atoms with van der Waals surface area (Å²) in [5.41, 5.74) is 2.96. The minimum atomic E-state index is -1.09. The minimum absolute atomic E-state index is 0.132. The molecule has 0 saturated carbocycles. The number of aliphatic carboxylic acids is 1. The molecule has 9 heteroatoms. The number of hydrogen-bond acceptors (Lipinski definition) is 6. The van der Waals surface area contributed by atoms with Gasteiger partial charge in [-0.05, 0) is 37.3 Å². The number of aryl methyl sites for hydroxylation is 1. The van der Waals surface area contributed by atoms with E-state index in [1.807, 2.05) is 37.3 Å². The molecule has 1 saturated heterocycles. The van der Waals surface area contributed by atoms with Gasteiger partial charge in [0.05, 0.1) is 26.6 Å². The fourth-order valence-electron chi connectivity index (χ4n) is 5.54. The van der Waals surface area contributed by atoms with Gasteiger partial charge in [-0.25, -0.2) is 0 Å². The molecule has 40 heavy (non-hydrogen) atoms. The number of fused-ring (bicyclic) bond motifs is 1. The first-order chi connectivity index (χ1) is 18.9. The van der Waals surface area contributed by atoms with Crippen LogP contribution in [-0.4, -0.2) is 67.7 Å². The molecule has 2 aliphatic rings. The number of likely N-dealkylation sites (tertiary alicyclic amines) is 1. The van der Waals surface area contributed by atoms with Gasteiger partial charge in [0.15, 0.2) is 11.5 Å². The number of nitrogens with zero attached hydrogens (tertiary/aromatic N) is 2. The van der Waals surface area contributed by atoms with Crippen molar-refractivity contribution in [3.05, 3.63) is 53.1 Å². The first-order valence-corrected chi connectivity index (χ1v) is 13.7. The highest BCUT2D eigenvalue weighted by Crippen LogP contribution is 2.45. The van der Waals surface area contributed by atoms with Crippen LogP contribution in [0, 0.1) is 18.3 Å². The molecule has 0 aromatic heterocycles. The van der Waals surface area contributed by atoms with Crippen molar-refractivity contribution >= 4 is 23.5 Å². The maximum Gasteiger partial charge on any atom is 0.308 e. The monoisotopic (exact) mass is 552 g/mol. The third kappa shape index (κ3) is 6.25. The zero-order valence-corrected chi connectivity index (χ0v) is 24.2. The first kappa shape index (κ1) is 29.4. The lowest BCUT2D eigenvalue weighted by molar-refractivity contribution is -0.148. The van der Waals surface area contributed by atoms with Gasteiger partial charge in [-0.15, -0.1) is 0 Å². The molecule has 1 N–H and O–H groups in total. The molecule has 1 unspecified atom stereocenters. The van der Waals surface area contributed by atoms with Crippen LogP contribution in [0.3, 0.4) is 0 Å². The molecule has 2 aromatic rings. The Balaban J connectivity index is 1.80. The number of carbonyl (C=O) groups excluding carboxylic acids is 2. The van der Waals surface area contributed by atoms with Crippen molar-refractivity contribution in [1.29, 1.82) is 0 Å². The molecule has 1 fully saturated rings. The van der Waals surface area contributed by atoms with E-state index >= 15 is 0 Å². The van der Waals surface area contributed by atoms with Crippen molar-refractivity contribution < 1.29 is 33.7 Å². The number of benzene rings is 2. The molecule has 216 valence electrons. The quantitative estimate of drug-likeness (QED) is 0.536. The predicted octanol–water partition coefficient (Wildman–Crippen LogP) is 4.59. The number of carboxylic acids is 1. The fourth-order valence-corrected chi connectivity index (χ4v) is 5.54. The van der Waals surface area contributed by atoms with Crippen LogP contribution in [0.5, 0.6) is 11.5 Å². The molecular formula is C31H40N2O7. The van der Waals surface area contributed by atoms with Gasteiger partial charge in [0.25, 0.3) is 5.91 Å². The summed E-state index contributed by atoms with van der Waals surface area (Å²) in [6, 6.07) is 11.4. The third-order valence-corrected chi connectivity index (χ3v) is 7.43. The van der Waals surface area contributed by atoms with Crippen LogP contribution in [0.4, 0.5) is 5.69 Å². The first-order valence-electron chi connectivity index (χ1n) is 13.7. The highest BCUT2D eigenvalue weighted by molar-refractivity contribution is 6.00. The van der Waals surface area contributed by atoms with E-state index in [0.29, 0.717) is 43.0 Å². The summed E-state index contributed by atoms with van der Waals surface area (Å²) in [5.74, 6) is -1.10. The van der Waals surface area contributed by atoms with Crippen LogP contribution in [0.25, 0.3) is 0 Å². The summed E-state index contributed by atoms with van der Waals surface area (Å²) in [5, 5.41) is 9.51. The molecule has 0 radical (unpaired) electrons. The topological polar surface area (TPSA) is 106 Å². The number of carbonyl (C=O) groups is 3. The van der Waals surface area contributed by atoms with Gasteiger partial charge in [-0.2, -0.15) is 0 Å². The number of piperidine rings is 1. The zero-order valence-electron chi connectivity index (χ0n) is 24.2. The molecular weight excluding hydrogens is 512 g/mol. The molecule has 2 aliphatic heterocycles. The summed E-state index contributed by atoms with van der Waals surface area (Å²) < 4.78 is 17.9. The number of carboxylic acid groups (broad SMARTS) is 1. The maximum absolute atomic E-state index is 14.2. The molecule has 0 aliphatic carbocycles. The fraction of sp³-hybridized carbons (Fsp3) is 0.516. The summed E-state index contributed by atoms with van der Waals surface area (Å²) in [7, 11) is 3.12. The van der Waals surface area contributed by atoms with Crippen LogP contribution in [0.1, 0.15) is 62.8 Å². The van der Waals surface area contributed by atoms with E-state index in [0.717, 1.165) is 16.8 Å². The largest absolute Gasteiger partial charge is 0.493 e. The van der Waals surface area contributed by atoms with Gasteiger partial charge < -0.3 is 29.1 Å². The van der Waals surface area contributed by atoms with Gasteiger partial charge in [0.2, 0.25) is 5.91 Å². The van der Waals surface area contributed by atoms with Crippen molar-refractivity contribution in [3.8, 4) is 11.5 Å². The Morgan fingerprint density at radius 3 is 2.50 bits per heavy atom. The van der Waals surface area contributed by atoms with Gasteiger partial charge >= 0.3 is 5.97 Å². The Kier molecular flexibility index (Phi) is 8.73. The van der Waals surface area contributed by atoms with Crippen LogP contribution < -0.4 is 14.4 Å². The average Bonchev–Trinajstić information content (AvgIpc) is 3.02. The number of methoxy groups -OCH3 is 2. The van der Waals surface area contributed by atoms with Gasteiger partial charge in [-0.3, -0.25) is 14.4 Å². The van der Waals surface area contributed by atoms with Crippen molar-refractivity contribution in [2.45, 2.75) is 59.2 Å². The Hall–Kier alpha value is -3.59. The van der Waals surface area contributed by atoms with E-state index in [-0.39, 0.29) is 30.2 Å². The number of hydrogen-bond donors (Lipinski definition) is 1. The minimum Gasteiger partial charge on any atom is -0.493 e. The molecule has 2 aromatic carbocycles. The second-order valence-corrected chi connectivity index (χ2v) is 11.9. The van der Waals surface area contributed by atoms with Gasteiger partial charge in [0.1, 0.15) is 12.2 Å². The predicted molar refractivity (Wildman–Crippen MR) is 151 cm³/mol. The van der Waals surface area contributed by atoms with Crippen molar-refractivity contribution in [2.75, 3.05) is 38.8 Å². The Morgan fingerprint density at radius 2 is 1.85 bits per heavy atom. The molecule has 2 heterocycles. The van der Waals surface area contributed by atoms with Crippen molar-refractivity contribution in [3.63, 3.8) is 0 Å². The second kappa shape index (κ2) is 11.9. The standard InChI is InChI=1S/C31H40N2O7/c1-19-12-13-23-22(15-19)27(21-10-7-11-24(38-5)28(21)39-6)40-25(29(35)33(23)18-31(2,3)4)16-26(34)32-14-8-9-20(17-32)30(36)37/h7,10-13,15,20,25,27H,8-9,14,16-18H2,1-6H3,(H,36,37)/t20?,25-,27-/m0/s1. The third-order valence-electron chi connectivity index (χ3n) is 7.43. The SMILES string of the molecule is COc1cccc([C@@H]2O[C@@H](CC(=O)N3CCCC(C(=O)O)C3)C(=O)N(CC(C)(C)C)c3ccc(C)cc32)c1OC. The van der Waals surface area contributed by atoms with E-state index in [1.54, 1.807) is 30.1 Å². The van der Waals surface area contributed by atoms with Crippen molar-refractivity contribution in [1.82, 2.24) is 4.90 Å².